The first-order valence-electron chi connectivity index (χ1n) is 6.61. The summed E-state index contributed by atoms with van der Waals surface area (Å²) in [5.74, 6) is 0. The average molecular weight is 311 g/mol. The van der Waals surface area contributed by atoms with Crippen molar-refractivity contribution in [2.24, 2.45) is 11.1 Å². The third-order valence-corrected chi connectivity index (χ3v) is 4.73. The first kappa shape index (κ1) is 14.0. The number of halogens is 1. The number of aryl methyl sites for hydroxylation is 1. The van der Waals surface area contributed by atoms with Gasteiger partial charge in [-0.2, -0.15) is 0 Å². The molecule has 0 amide bonds. The first-order valence-corrected chi connectivity index (χ1v) is 7.41. The van der Waals surface area contributed by atoms with Gasteiger partial charge in [-0.05, 0) is 36.0 Å². The van der Waals surface area contributed by atoms with Crippen LogP contribution < -0.4 is 5.73 Å². The van der Waals surface area contributed by atoms with Gasteiger partial charge in [0.05, 0.1) is 0 Å². The number of likely N-dealkylation sites (tertiary alicyclic amines) is 1. The Morgan fingerprint density at radius 2 is 2.17 bits per heavy atom. The molecule has 1 aromatic carbocycles. The number of nitrogens with two attached hydrogens (primary N) is 1. The highest BCUT2D eigenvalue weighted by Crippen LogP contribution is 2.29. The van der Waals surface area contributed by atoms with E-state index < -0.39 is 0 Å². The Kier molecular flexibility index (Phi) is 4.15. The van der Waals surface area contributed by atoms with E-state index in [4.69, 9.17) is 5.73 Å². The van der Waals surface area contributed by atoms with Gasteiger partial charge in [0, 0.05) is 30.1 Å². The molecule has 1 saturated heterocycles. The standard InChI is InChI=1S/C15H23BrN2/c1-11-4-5-12(13(16)8-11)9-18-7-6-14(17)15(2,3)10-18/h4-5,8,14H,6-7,9-10,17H2,1-3H3. The zero-order valence-electron chi connectivity index (χ0n) is 11.5. The first-order chi connectivity index (χ1) is 8.38. The van der Waals surface area contributed by atoms with E-state index in [-0.39, 0.29) is 5.41 Å². The van der Waals surface area contributed by atoms with E-state index in [0.717, 1.165) is 26.1 Å². The predicted octanol–water partition coefficient (Wildman–Crippen LogP) is 3.32. The Bertz CT molecular complexity index is 429. The van der Waals surface area contributed by atoms with E-state index in [1.165, 1.54) is 15.6 Å². The SMILES string of the molecule is Cc1ccc(CN2CCC(N)C(C)(C)C2)c(Br)c1. The van der Waals surface area contributed by atoms with Crippen molar-refractivity contribution in [3.05, 3.63) is 33.8 Å². The predicted molar refractivity (Wildman–Crippen MR) is 80.5 cm³/mol. The number of hydrogen-bond acceptors (Lipinski definition) is 2. The van der Waals surface area contributed by atoms with Crippen LogP contribution in [0.3, 0.4) is 0 Å². The van der Waals surface area contributed by atoms with Crippen LogP contribution in [-0.2, 0) is 6.54 Å². The minimum atomic E-state index is 0.218. The van der Waals surface area contributed by atoms with Crippen LogP contribution in [0.4, 0.5) is 0 Å². The zero-order chi connectivity index (χ0) is 13.3. The molecule has 2 N–H and O–H groups in total. The van der Waals surface area contributed by atoms with Crippen LogP contribution in [0.15, 0.2) is 22.7 Å². The van der Waals surface area contributed by atoms with E-state index in [1.54, 1.807) is 0 Å². The highest BCUT2D eigenvalue weighted by molar-refractivity contribution is 9.10. The number of nitrogens with zero attached hydrogens (tertiary/aromatic N) is 1. The average Bonchev–Trinajstić information content (AvgIpc) is 2.27. The molecular weight excluding hydrogens is 288 g/mol. The molecule has 1 unspecified atom stereocenters. The van der Waals surface area contributed by atoms with Crippen molar-refractivity contribution in [2.45, 2.75) is 39.8 Å². The maximum atomic E-state index is 6.18. The third kappa shape index (κ3) is 3.14. The smallest absolute Gasteiger partial charge is 0.0245 e. The molecular formula is C15H23BrN2. The van der Waals surface area contributed by atoms with Crippen molar-refractivity contribution < 1.29 is 0 Å². The van der Waals surface area contributed by atoms with Crippen molar-refractivity contribution >= 4 is 15.9 Å². The summed E-state index contributed by atoms with van der Waals surface area (Å²) in [5, 5.41) is 0. The molecule has 0 saturated carbocycles. The minimum absolute atomic E-state index is 0.218. The molecule has 0 aliphatic carbocycles. The molecule has 100 valence electrons. The number of rotatable bonds is 2. The summed E-state index contributed by atoms with van der Waals surface area (Å²) in [7, 11) is 0. The second kappa shape index (κ2) is 5.32. The third-order valence-electron chi connectivity index (χ3n) is 3.99. The lowest BCUT2D eigenvalue weighted by Crippen LogP contribution is -2.52. The van der Waals surface area contributed by atoms with Gasteiger partial charge in [0.15, 0.2) is 0 Å². The van der Waals surface area contributed by atoms with Gasteiger partial charge in [0.2, 0.25) is 0 Å². The normalized spacial score (nSPS) is 24.2. The van der Waals surface area contributed by atoms with Crippen LogP contribution >= 0.6 is 15.9 Å². The van der Waals surface area contributed by atoms with Gasteiger partial charge in [0.1, 0.15) is 0 Å². The molecule has 2 nitrogen and oxygen atoms in total. The molecule has 0 bridgehead atoms. The summed E-state index contributed by atoms with van der Waals surface area (Å²) in [6, 6.07) is 6.92. The van der Waals surface area contributed by atoms with Gasteiger partial charge in [-0.15, -0.1) is 0 Å². The fourth-order valence-corrected chi connectivity index (χ4v) is 3.26. The number of hydrogen-bond donors (Lipinski definition) is 1. The van der Waals surface area contributed by atoms with Crippen LogP contribution in [0.1, 0.15) is 31.4 Å². The van der Waals surface area contributed by atoms with Crippen molar-refractivity contribution in [1.29, 1.82) is 0 Å². The molecule has 1 atom stereocenters. The Balaban J connectivity index is 2.06. The summed E-state index contributed by atoms with van der Waals surface area (Å²) in [5.41, 5.74) is 9.06. The van der Waals surface area contributed by atoms with Gasteiger partial charge in [0.25, 0.3) is 0 Å². The summed E-state index contributed by atoms with van der Waals surface area (Å²) >= 11 is 3.66. The van der Waals surface area contributed by atoms with Gasteiger partial charge >= 0.3 is 0 Å². The molecule has 18 heavy (non-hydrogen) atoms. The molecule has 0 spiro atoms. The quantitative estimate of drug-likeness (QED) is 0.908. The van der Waals surface area contributed by atoms with E-state index in [9.17, 15) is 0 Å². The Morgan fingerprint density at radius 1 is 1.44 bits per heavy atom. The van der Waals surface area contributed by atoms with E-state index in [0.29, 0.717) is 6.04 Å². The van der Waals surface area contributed by atoms with Crippen LogP contribution in [0.2, 0.25) is 0 Å². The van der Waals surface area contributed by atoms with Crippen LogP contribution in [0.5, 0.6) is 0 Å². The summed E-state index contributed by atoms with van der Waals surface area (Å²) < 4.78 is 1.22. The topological polar surface area (TPSA) is 29.3 Å². The highest BCUT2D eigenvalue weighted by Gasteiger charge is 2.33. The fraction of sp³-hybridized carbons (Fsp3) is 0.600. The second-order valence-corrected chi connectivity index (χ2v) is 7.04. The zero-order valence-corrected chi connectivity index (χ0v) is 13.1. The minimum Gasteiger partial charge on any atom is -0.327 e. The van der Waals surface area contributed by atoms with Crippen molar-refractivity contribution in [3.63, 3.8) is 0 Å². The Hall–Kier alpha value is -0.380. The molecule has 1 aromatic rings. The maximum Gasteiger partial charge on any atom is 0.0245 e. The monoisotopic (exact) mass is 310 g/mol. The van der Waals surface area contributed by atoms with Gasteiger partial charge < -0.3 is 5.73 Å². The maximum absolute atomic E-state index is 6.18. The largest absolute Gasteiger partial charge is 0.327 e. The van der Waals surface area contributed by atoms with Gasteiger partial charge in [-0.3, -0.25) is 4.90 Å². The van der Waals surface area contributed by atoms with Crippen LogP contribution in [0.25, 0.3) is 0 Å². The molecule has 1 heterocycles. The fourth-order valence-electron chi connectivity index (χ4n) is 2.64. The summed E-state index contributed by atoms with van der Waals surface area (Å²) in [6.07, 6.45) is 1.09. The van der Waals surface area contributed by atoms with Crippen molar-refractivity contribution in [1.82, 2.24) is 4.90 Å². The molecule has 0 radical (unpaired) electrons. The lowest BCUT2D eigenvalue weighted by Gasteiger charge is -2.42. The lowest BCUT2D eigenvalue weighted by atomic mass is 9.79. The second-order valence-electron chi connectivity index (χ2n) is 6.19. The number of benzene rings is 1. The van der Waals surface area contributed by atoms with Crippen LogP contribution in [0, 0.1) is 12.3 Å². The van der Waals surface area contributed by atoms with Crippen LogP contribution in [-0.4, -0.2) is 24.0 Å². The Morgan fingerprint density at radius 3 is 2.78 bits per heavy atom. The lowest BCUT2D eigenvalue weighted by molar-refractivity contribution is 0.0897. The van der Waals surface area contributed by atoms with Gasteiger partial charge in [-0.1, -0.05) is 41.9 Å². The molecule has 3 heteroatoms. The van der Waals surface area contributed by atoms with E-state index >= 15 is 0 Å². The van der Waals surface area contributed by atoms with E-state index in [2.05, 4.69) is 59.8 Å². The van der Waals surface area contributed by atoms with Crippen molar-refractivity contribution in [3.8, 4) is 0 Å². The summed E-state index contributed by atoms with van der Waals surface area (Å²) in [4.78, 5) is 2.51. The molecule has 1 fully saturated rings. The van der Waals surface area contributed by atoms with Gasteiger partial charge in [-0.25, -0.2) is 0 Å². The van der Waals surface area contributed by atoms with E-state index in [1.807, 2.05) is 0 Å². The molecule has 1 aliphatic heterocycles. The summed E-state index contributed by atoms with van der Waals surface area (Å²) in [6.45, 7) is 9.86. The molecule has 0 aromatic heterocycles. The van der Waals surface area contributed by atoms with Crippen molar-refractivity contribution in [2.75, 3.05) is 13.1 Å². The Labute approximate surface area is 119 Å². The molecule has 2 rings (SSSR count). The number of piperidine rings is 1. The highest BCUT2D eigenvalue weighted by atomic mass is 79.9. The molecule has 1 aliphatic rings.